The quantitative estimate of drug-likeness (QED) is 0.326. The van der Waals surface area contributed by atoms with E-state index >= 15 is 0 Å². The fraction of sp³-hybridized carbons (Fsp3) is 0.200. The molecule has 0 radical (unpaired) electrons. The first-order chi connectivity index (χ1) is 16.4. The third-order valence-corrected chi connectivity index (χ3v) is 5.45. The maximum absolute atomic E-state index is 12.6. The van der Waals surface area contributed by atoms with E-state index in [4.69, 9.17) is 0 Å². The van der Waals surface area contributed by atoms with Crippen LogP contribution in [0.3, 0.4) is 0 Å². The number of H-pyrrole nitrogens is 2. The largest absolute Gasteiger partial charge is 0.453 e. The van der Waals surface area contributed by atoms with Crippen LogP contribution in [0.2, 0.25) is 0 Å². The van der Waals surface area contributed by atoms with Gasteiger partial charge < -0.3 is 20.0 Å². The van der Waals surface area contributed by atoms with Gasteiger partial charge in [-0.25, -0.2) is 14.8 Å². The SMILES string of the molecule is COC(=O)N[C@H](C(=O)Nc1ncc(-c2ccc(-c3ccc(-c4cnc[nH]4)cc3)cc2)[nH]1)C(C)C. The topological polar surface area (TPSA) is 125 Å². The Morgan fingerprint density at radius 2 is 1.47 bits per heavy atom. The summed E-state index contributed by atoms with van der Waals surface area (Å²) in [5, 5.41) is 5.25. The molecule has 0 bridgehead atoms. The lowest BCUT2D eigenvalue weighted by Crippen LogP contribution is -2.47. The van der Waals surface area contributed by atoms with E-state index in [9.17, 15) is 9.59 Å². The molecule has 174 valence electrons. The van der Waals surface area contributed by atoms with Gasteiger partial charge >= 0.3 is 6.09 Å². The molecule has 2 heterocycles. The number of amides is 2. The number of anilines is 1. The van der Waals surface area contributed by atoms with Crippen LogP contribution in [0.1, 0.15) is 13.8 Å². The van der Waals surface area contributed by atoms with Crippen molar-refractivity contribution in [2.24, 2.45) is 5.92 Å². The molecular formula is C25H26N6O3. The molecule has 4 N–H and O–H groups in total. The highest BCUT2D eigenvalue weighted by Gasteiger charge is 2.25. The van der Waals surface area contributed by atoms with E-state index in [1.165, 1.54) is 7.11 Å². The standard InChI is InChI=1S/C25H26N6O3/c1-15(2)22(30-25(33)34-3)23(32)31-24-27-13-21(29-24)19-10-6-17(7-11-19)16-4-8-18(9-5-16)20-12-26-14-28-20/h4-15,22H,1-3H3,(H,26,28)(H,30,33)(H2,27,29,31,32)/t22-/m0/s1. The van der Waals surface area contributed by atoms with Gasteiger partial charge in [-0.3, -0.25) is 10.1 Å². The minimum atomic E-state index is -0.750. The van der Waals surface area contributed by atoms with Crippen LogP contribution in [-0.4, -0.2) is 45.1 Å². The number of hydrogen-bond donors (Lipinski definition) is 4. The Labute approximate surface area is 197 Å². The zero-order valence-corrected chi connectivity index (χ0v) is 19.1. The number of aromatic amines is 2. The summed E-state index contributed by atoms with van der Waals surface area (Å²) < 4.78 is 4.60. The Morgan fingerprint density at radius 3 is 2.00 bits per heavy atom. The van der Waals surface area contributed by atoms with Gasteiger partial charge in [0.05, 0.1) is 37.2 Å². The van der Waals surface area contributed by atoms with Crippen molar-refractivity contribution >= 4 is 17.9 Å². The zero-order chi connectivity index (χ0) is 24.1. The van der Waals surface area contributed by atoms with Gasteiger partial charge in [-0.05, 0) is 28.2 Å². The maximum Gasteiger partial charge on any atom is 0.407 e. The Bertz CT molecular complexity index is 1240. The van der Waals surface area contributed by atoms with Crippen molar-refractivity contribution in [1.82, 2.24) is 25.3 Å². The number of methoxy groups -OCH3 is 1. The summed E-state index contributed by atoms with van der Waals surface area (Å²) in [6.07, 6.45) is 4.45. The predicted octanol–water partition coefficient (Wildman–Crippen LogP) is 4.45. The van der Waals surface area contributed by atoms with Crippen LogP contribution in [0.15, 0.2) is 67.3 Å². The summed E-state index contributed by atoms with van der Waals surface area (Å²) in [5.41, 5.74) is 5.93. The fourth-order valence-electron chi connectivity index (χ4n) is 3.54. The molecule has 2 amide bonds. The summed E-state index contributed by atoms with van der Waals surface area (Å²) in [6.45, 7) is 3.67. The van der Waals surface area contributed by atoms with E-state index < -0.39 is 12.1 Å². The molecule has 0 spiro atoms. The molecule has 4 rings (SSSR count). The third kappa shape index (κ3) is 5.15. The molecule has 0 aliphatic carbocycles. The number of carbonyl (C=O) groups excluding carboxylic acids is 2. The van der Waals surface area contributed by atoms with E-state index in [-0.39, 0.29) is 11.8 Å². The average Bonchev–Trinajstić information content (AvgIpc) is 3.55. The average molecular weight is 459 g/mol. The minimum absolute atomic E-state index is 0.130. The van der Waals surface area contributed by atoms with Crippen LogP contribution < -0.4 is 10.6 Å². The van der Waals surface area contributed by atoms with Crippen molar-refractivity contribution in [3.63, 3.8) is 0 Å². The highest BCUT2D eigenvalue weighted by Crippen LogP contribution is 2.26. The molecule has 9 nitrogen and oxygen atoms in total. The number of aromatic nitrogens is 4. The first-order valence-electron chi connectivity index (χ1n) is 10.8. The van der Waals surface area contributed by atoms with Crippen molar-refractivity contribution < 1.29 is 14.3 Å². The van der Waals surface area contributed by atoms with Gasteiger partial charge in [0.2, 0.25) is 11.9 Å². The van der Waals surface area contributed by atoms with Gasteiger partial charge in [-0.2, -0.15) is 0 Å². The molecule has 0 aliphatic heterocycles. The molecule has 0 saturated carbocycles. The molecule has 9 heteroatoms. The number of alkyl carbamates (subject to hydrolysis) is 1. The van der Waals surface area contributed by atoms with Crippen LogP contribution in [0.5, 0.6) is 0 Å². The van der Waals surface area contributed by atoms with Crippen LogP contribution in [0, 0.1) is 5.92 Å². The van der Waals surface area contributed by atoms with Crippen LogP contribution >= 0.6 is 0 Å². The summed E-state index contributed by atoms with van der Waals surface area (Å²) in [5.74, 6) is -0.208. The Morgan fingerprint density at radius 1 is 0.882 bits per heavy atom. The second-order valence-electron chi connectivity index (χ2n) is 8.11. The van der Waals surface area contributed by atoms with Crippen LogP contribution in [0.25, 0.3) is 33.6 Å². The van der Waals surface area contributed by atoms with E-state index in [0.29, 0.717) is 5.95 Å². The van der Waals surface area contributed by atoms with Crippen molar-refractivity contribution in [1.29, 1.82) is 0 Å². The molecule has 1 atom stereocenters. The maximum atomic E-state index is 12.6. The van der Waals surface area contributed by atoms with Crippen molar-refractivity contribution in [3.05, 3.63) is 67.3 Å². The predicted molar refractivity (Wildman–Crippen MR) is 130 cm³/mol. The molecule has 0 fully saturated rings. The molecule has 34 heavy (non-hydrogen) atoms. The minimum Gasteiger partial charge on any atom is -0.453 e. The second-order valence-corrected chi connectivity index (χ2v) is 8.11. The molecule has 0 aliphatic rings. The Balaban J connectivity index is 1.43. The van der Waals surface area contributed by atoms with E-state index in [2.05, 4.69) is 59.6 Å². The van der Waals surface area contributed by atoms with Crippen LogP contribution in [-0.2, 0) is 9.53 Å². The van der Waals surface area contributed by atoms with Crippen molar-refractivity contribution in [2.75, 3.05) is 12.4 Å². The Hall–Kier alpha value is -4.40. The molecular weight excluding hydrogens is 432 g/mol. The van der Waals surface area contributed by atoms with Gasteiger partial charge in [-0.1, -0.05) is 62.4 Å². The number of nitrogens with zero attached hydrogens (tertiary/aromatic N) is 2. The normalized spacial score (nSPS) is 11.8. The van der Waals surface area contributed by atoms with Gasteiger partial charge in [0.25, 0.3) is 0 Å². The first kappa shape index (κ1) is 22.8. The number of hydrogen-bond acceptors (Lipinski definition) is 5. The van der Waals surface area contributed by atoms with E-state index in [1.54, 1.807) is 18.7 Å². The first-order valence-corrected chi connectivity index (χ1v) is 10.8. The van der Waals surface area contributed by atoms with Gasteiger partial charge in [0.15, 0.2) is 0 Å². The number of ether oxygens (including phenoxy) is 1. The summed E-state index contributed by atoms with van der Waals surface area (Å²) in [4.78, 5) is 38.7. The lowest BCUT2D eigenvalue weighted by molar-refractivity contribution is -0.119. The number of benzene rings is 2. The second kappa shape index (κ2) is 10.0. The summed E-state index contributed by atoms with van der Waals surface area (Å²) in [7, 11) is 1.25. The third-order valence-electron chi connectivity index (χ3n) is 5.45. The van der Waals surface area contributed by atoms with Gasteiger partial charge in [0.1, 0.15) is 6.04 Å². The highest BCUT2D eigenvalue weighted by atomic mass is 16.5. The lowest BCUT2D eigenvalue weighted by atomic mass is 10.0. The molecule has 4 aromatic rings. The molecule has 0 unspecified atom stereocenters. The zero-order valence-electron chi connectivity index (χ0n) is 19.1. The monoisotopic (exact) mass is 458 g/mol. The highest BCUT2D eigenvalue weighted by molar-refractivity contribution is 5.95. The summed E-state index contributed by atoms with van der Waals surface area (Å²) in [6, 6.07) is 15.6. The number of rotatable bonds is 7. The van der Waals surface area contributed by atoms with Gasteiger partial charge in [0, 0.05) is 0 Å². The van der Waals surface area contributed by atoms with E-state index in [0.717, 1.165) is 33.6 Å². The number of nitrogens with one attached hydrogen (secondary N) is 4. The van der Waals surface area contributed by atoms with Crippen LogP contribution in [0.4, 0.5) is 10.7 Å². The molecule has 0 saturated heterocycles. The summed E-state index contributed by atoms with van der Waals surface area (Å²) >= 11 is 0. The van der Waals surface area contributed by atoms with E-state index in [1.807, 2.05) is 38.1 Å². The van der Waals surface area contributed by atoms with Crippen molar-refractivity contribution in [3.8, 4) is 33.6 Å². The fourth-order valence-corrected chi connectivity index (χ4v) is 3.54. The number of carbonyl (C=O) groups is 2. The number of imidazole rings is 2. The molecule has 2 aromatic heterocycles. The smallest absolute Gasteiger partial charge is 0.407 e. The van der Waals surface area contributed by atoms with Crippen molar-refractivity contribution in [2.45, 2.75) is 19.9 Å². The van der Waals surface area contributed by atoms with Gasteiger partial charge in [-0.15, -0.1) is 0 Å². The Kier molecular flexibility index (Phi) is 6.72. The molecule has 2 aromatic carbocycles. The lowest BCUT2D eigenvalue weighted by Gasteiger charge is -2.20.